The second-order valence-electron chi connectivity index (χ2n) is 6.28. The topological polar surface area (TPSA) is 35.5 Å². The van der Waals surface area contributed by atoms with Crippen molar-refractivity contribution >= 4 is 5.97 Å². The molecule has 19 heavy (non-hydrogen) atoms. The zero-order valence-corrected chi connectivity index (χ0v) is 12.7. The van der Waals surface area contributed by atoms with Gasteiger partial charge < -0.3 is 9.47 Å². The highest BCUT2D eigenvalue weighted by Crippen LogP contribution is 2.53. The molecular formula is C16H26O3. The molecule has 2 rings (SSSR count). The molecule has 0 amide bonds. The second kappa shape index (κ2) is 5.28. The van der Waals surface area contributed by atoms with E-state index in [-0.39, 0.29) is 11.4 Å². The van der Waals surface area contributed by atoms with Gasteiger partial charge in [-0.15, -0.1) is 0 Å². The van der Waals surface area contributed by atoms with Crippen molar-refractivity contribution < 1.29 is 14.3 Å². The maximum Gasteiger partial charge on any atom is 0.302 e. The fourth-order valence-electron chi connectivity index (χ4n) is 3.99. The van der Waals surface area contributed by atoms with E-state index in [1.807, 2.05) is 0 Å². The number of carbonyl (C=O) groups excluding carboxylic acids is 1. The smallest absolute Gasteiger partial charge is 0.302 e. The zero-order valence-electron chi connectivity index (χ0n) is 12.7. The minimum Gasteiger partial charge on any atom is -0.465 e. The standard InChI is InChI=1S/C16H26O3/c1-6-14-15-10(2)7-11(3)16(9-19-14,12(15)4)8-18-13(5)17/h7,11-12,14-15H,6,8-9H2,1-5H3/t11-,12-,14+,15+,16+/m0/s1. The van der Waals surface area contributed by atoms with Gasteiger partial charge in [0.25, 0.3) is 0 Å². The lowest BCUT2D eigenvalue weighted by atomic mass is 9.56. The first-order chi connectivity index (χ1) is 8.92. The van der Waals surface area contributed by atoms with Crippen LogP contribution in [0.5, 0.6) is 0 Å². The quantitative estimate of drug-likeness (QED) is 0.581. The molecule has 1 aliphatic heterocycles. The summed E-state index contributed by atoms with van der Waals surface area (Å²) in [5.41, 5.74) is 1.38. The summed E-state index contributed by atoms with van der Waals surface area (Å²) in [6, 6.07) is 0. The number of carbonyl (C=O) groups is 1. The van der Waals surface area contributed by atoms with E-state index in [9.17, 15) is 4.79 Å². The molecule has 1 heterocycles. The van der Waals surface area contributed by atoms with Crippen LogP contribution in [-0.4, -0.2) is 25.3 Å². The fourth-order valence-corrected chi connectivity index (χ4v) is 3.99. The van der Waals surface area contributed by atoms with Crippen LogP contribution in [0.4, 0.5) is 0 Å². The van der Waals surface area contributed by atoms with Crippen LogP contribution in [0.15, 0.2) is 11.6 Å². The summed E-state index contributed by atoms with van der Waals surface area (Å²) in [6.45, 7) is 11.6. The van der Waals surface area contributed by atoms with Crippen molar-refractivity contribution in [3.8, 4) is 0 Å². The molecule has 3 nitrogen and oxygen atoms in total. The van der Waals surface area contributed by atoms with Crippen molar-refractivity contribution in [3.63, 3.8) is 0 Å². The molecule has 0 aromatic rings. The maximum atomic E-state index is 11.2. The van der Waals surface area contributed by atoms with Crippen molar-refractivity contribution in [3.05, 3.63) is 11.6 Å². The van der Waals surface area contributed by atoms with E-state index in [1.165, 1.54) is 12.5 Å². The van der Waals surface area contributed by atoms with Gasteiger partial charge in [-0.25, -0.2) is 0 Å². The van der Waals surface area contributed by atoms with Gasteiger partial charge in [-0.1, -0.05) is 32.4 Å². The molecule has 5 atom stereocenters. The molecule has 2 bridgehead atoms. The van der Waals surface area contributed by atoms with Gasteiger partial charge in [0.1, 0.15) is 0 Å². The Morgan fingerprint density at radius 1 is 1.53 bits per heavy atom. The van der Waals surface area contributed by atoms with E-state index >= 15 is 0 Å². The Balaban J connectivity index is 2.31. The summed E-state index contributed by atoms with van der Waals surface area (Å²) in [5, 5.41) is 0. The molecule has 1 saturated heterocycles. The summed E-state index contributed by atoms with van der Waals surface area (Å²) in [4.78, 5) is 11.2. The lowest BCUT2D eigenvalue weighted by molar-refractivity contribution is -0.179. The van der Waals surface area contributed by atoms with Crippen LogP contribution in [0.1, 0.15) is 41.0 Å². The number of esters is 1. The third-order valence-electron chi connectivity index (χ3n) is 5.30. The van der Waals surface area contributed by atoms with Crippen LogP contribution in [0.3, 0.4) is 0 Å². The molecule has 0 radical (unpaired) electrons. The molecule has 1 fully saturated rings. The third kappa shape index (κ3) is 2.33. The molecule has 0 unspecified atom stereocenters. The van der Waals surface area contributed by atoms with Gasteiger partial charge in [0, 0.05) is 18.3 Å². The van der Waals surface area contributed by atoms with Crippen LogP contribution in [0.2, 0.25) is 0 Å². The van der Waals surface area contributed by atoms with Crippen molar-refractivity contribution in [1.82, 2.24) is 0 Å². The third-order valence-corrected chi connectivity index (χ3v) is 5.30. The Morgan fingerprint density at radius 2 is 2.21 bits per heavy atom. The maximum absolute atomic E-state index is 11.2. The van der Waals surface area contributed by atoms with E-state index in [2.05, 4.69) is 33.8 Å². The van der Waals surface area contributed by atoms with Crippen molar-refractivity contribution in [2.45, 2.75) is 47.1 Å². The Morgan fingerprint density at radius 3 is 2.79 bits per heavy atom. The van der Waals surface area contributed by atoms with Crippen molar-refractivity contribution in [2.24, 2.45) is 23.2 Å². The largest absolute Gasteiger partial charge is 0.465 e. The SMILES string of the molecule is CC[C@H]1OC[C@]2(COC(C)=O)[C@@H](C)C=C(C)[C@@H]1[C@@H]2C. The molecule has 0 spiro atoms. The Labute approximate surface area is 116 Å². The van der Waals surface area contributed by atoms with Gasteiger partial charge in [0.2, 0.25) is 0 Å². The van der Waals surface area contributed by atoms with Gasteiger partial charge in [0.15, 0.2) is 0 Å². The van der Waals surface area contributed by atoms with Gasteiger partial charge in [-0.2, -0.15) is 0 Å². The molecular weight excluding hydrogens is 240 g/mol. The van der Waals surface area contributed by atoms with Gasteiger partial charge in [0.05, 0.1) is 19.3 Å². The van der Waals surface area contributed by atoms with Crippen LogP contribution in [0, 0.1) is 23.2 Å². The molecule has 3 heteroatoms. The summed E-state index contributed by atoms with van der Waals surface area (Å²) in [6.07, 6.45) is 3.71. The highest BCUT2D eigenvalue weighted by atomic mass is 16.5. The number of hydrogen-bond acceptors (Lipinski definition) is 3. The number of ether oxygens (including phenoxy) is 2. The summed E-state index contributed by atoms with van der Waals surface area (Å²) in [5.74, 6) is 1.14. The number of fused-ring (bicyclic) bond motifs is 2. The lowest BCUT2D eigenvalue weighted by Gasteiger charge is -2.55. The minimum absolute atomic E-state index is 0.0541. The van der Waals surface area contributed by atoms with Crippen molar-refractivity contribution in [2.75, 3.05) is 13.2 Å². The second-order valence-corrected chi connectivity index (χ2v) is 6.28. The molecule has 0 saturated carbocycles. The monoisotopic (exact) mass is 266 g/mol. The average molecular weight is 266 g/mol. The predicted octanol–water partition coefficient (Wildman–Crippen LogP) is 3.19. The predicted molar refractivity (Wildman–Crippen MR) is 74.7 cm³/mol. The molecule has 2 aliphatic rings. The lowest BCUT2D eigenvalue weighted by Crippen LogP contribution is -2.56. The minimum atomic E-state index is -0.200. The number of allylic oxidation sites excluding steroid dienone is 1. The highest BCUT2D eigenvalue weighted by molar-refractivity contribution is 5.65. The van der Waals surface area contributed by atoms with E-state index in [1.54, 1.807) is 0 Å². The number of hydrogen-bond donors (Lipinski definition) is 0. The number of rotatable bonds is 3. The summed E-state index contributed by atoms with van der Waals surface area (Å²) >= 11 is 0. The molecule has 0 aromatic heterocycles. The fraction of sp³-hybridized carbons (Fsp3) is 0.812. The normalized spacial score (nSPS) is 41.6. The van der Waals surface area contributed by atoms with Crippen LogP contribution in [0.25, 0.3) is 0 Å². The Bertz CT molecular complexity index is 387. The van der Waals surface area contributed by atoms with Gasteiger partial charge >= 0.3 is 5.97 Å². The molecule has 0 N–H and O–H groups in total. The Kier molecular flexibility index (Phi) is 4.05. The van der Waals surface area contributed by atoms with Crippen LogP contribution in [-0.2, 0) is 14.3 Å². The molecule has 1 aliphatic carbocycles. The first kappa shape index (κ1) is 14.6. The van der Waals surface area contributed by atoms with Crippen LogP contribution < -0.4 is 0 Å². The summed E-state index contributed by atoms with van der Waals surface area (Å²) in [7, 11) is 0. The van der Waals surface area contributed by atoms with Crippen LogP contribution >= 0.6 is 0 Å². The van der Waals surface area contributed by atoms with E-state index in [0.717, 1.165) is 6.42 Å². The van der Waals surface area contributed by atoms with Gasteiger partial charge in [-0.05, 0) is 25.2 Å². The zero-order chi connectivity index (χ0) is 14.2. The van der Waals surface area contributed by atoms with E-state index in [0.29, 0.717) is 37.1 Å². The summed E-state index contributed by atoms with van der Waals surface area (Å²) < 4.78 is 11.5. The Hall–Kier alpha value is -0.830. The van der Waals surface area contributed by atoms with E-state index in [4.69, 9.17) is 9.47 Å². The van der Waals surface area contributed by atoms with E-state index < -0.39 is 0 Å². The molecule has 108 valence electrons. The first-order valence-electron chi connectivity index (χ1n) is 7.35. The highest BCUT2D eigenvalue weighted by Gasteiger charge is 2.53. The average Bonchev–Trinajstić information content (AvgIpc) is 2.34. The van der Waals surface area contributed by atoms with Crippen molar-refractivity contribution in [1.29, 1.82) is 0 Å². The molecule has 0 aromatic carbocycles. The van der Waals surface area contributed by atoms with Gasteiger partial charge in [-0.3, -0.25) is 4.79 Å². The first-order valence-corrected chi connectivity index (χ1v) is 7.35.